The molecular formula is C24H16Cl2N4O2S. The first kappa shape index (κ1) is 22.7. The van der Waals surface area contributed by atoms with Crippen molar-refractivity contribution in [2.45, 2.75) is 0 Å². The summed E-state index contributed by atoms with van der Waals surface area (Å²) in [6.45, 7) is 0. The Kier molecular flexibility index (Phi) is 7.14. The largest absolute Gasteiger partial charge is 0.322 e. The van der Waals surface area contributed by atoms with Crippen molar-refractivity contribution in [2.75, 3.05) is 10.6 Å². The van der Waals surface area contributed by atoms with Crippen LogP contribution in [0.5, 0.6) is 0 Å². The number of aromatic nitrogens is 2. The number of hydrogen-bond donors (Lipinski definition) is 2. The van der Waals surface area contributed by atoms with Gasteiger partial charge in [0.2, 0.25) is 5.01 Å². The van der Waals surface area contributed by atoms with Gasteiger partial charge < -0.3 is 10.6 Å². The Morgan fingerprint density at radius 3 is 2.24 bits per heavy atom. The summed E-state index contributed by atoms with van der Waals surface area (Å²) in [6, 6.07) is 23.0. The SMILES string of the molecule is O=C(Nc1ccccc1)c1nnc(/C(Cl)=C/c2cccc(NC(=O)c3ccccc3Cl)c2)s1. The highest BCUT2D eigenvalue weighted by molar-refractivity contribution is 7.15. The zero-order chi connectivity index (χ0) is 23.2. The molecule has 6 nitrogen and oxygen atoms in total. The normalized spacial score (nSPS) is 11.2. The van der Waals surface area contributed by atoms with Crippen LogP contribution < -0.4 is 10.6 Å². The molecule has 0 aliphatic rings. The number of nitrogens with zero attached hydrogens (tertiary/aromatic N) is 2. The van der Waals surface area contributed by atoms with Gasteiger partial charge in [-0.3, -0.25) is 9.59 Å². The van der Waals surface area contributed by atoms with Gasteiger partial charge in [0, 0.05) is 11.4 Å². The van der Waals surface area contributed by atoms with Gasteiger partial charge in [-0.05, 0) is 48.0 Å². The highest BCUT2D eigenvalue weighted by Crippen LogP contribution is 2.27. The number of rotatable bonds is 6. The molecule has 0 unspecified atom stereocenters. The van der Waals surface area contributed by atoms with Gasteiger partial charge in [-0.2, -0.15) is 0 Å². The molecule has 0 radical (unpaired) electrons. The number of nitrogens with one attached hydrogen (secondary N) is 2. The molecular weight excluding hydrogens is 479 g/mol. The number of carbonyl (C=O) groups excluding carboxylic acids is 2. The van der Waals surface area contributed by atoms with E-state index < -0.39 is 0 Å². The van der Waals surface area contributed by atoms with E-state index >= 15 is 0 Å². The molecule has 4 aromatic rings. The first-order valence-corrected chi connectivity index (χ1v) is 11.3. The van der Waals surface area contributed by atoms with Gasteiger partial charge in [-0.1, -0.05) is 77.0 Å². The van der Waals surface area contributed by atoms with Crippen LogP contribution in [0.25, 0.3) is 11.1 Å². The molecule has 0 saturated carbocycles. The highest BCUT2D eigenvalue weighted by Gasteiger charge is 2.15. The topological polar surface area (TPSA) is 84.0 Å². The molecule has 2 N–H and O–H groups in total. The van der Waals surface area contributed by atoms with Crippen molar-refractivity contribution < 1.29 is 9.59 Å². The van der Waals surface area contributed by atoms with Crippen LogP contribution in [0.3, 0.4) is 0 Å². The van der Waals surface area contributed by atoms with Crippen molar-refractivity contribution in [2.24, 2.45) is 0 Å². The molecule has 0 atom stereocenters. The van der Waals surface area contributed by atoms with E-state index in [2.05, 4.69) is 20.8 Å². The van der Waals surface area contributed by atoms with Crippen LogP contribution in [-0.4, -0.2) is 22.0 Å². The second-order valence-electron chi connectivity index (χ2n) is 6.78. The van der Waals surface area contributed by atoms with Crippen LogP contribution in [0.2, 0.25) is 5.02 Å². The van der Waals surface area contributed by atoms with Gasteiger partial charge in [0.1, 0.15) is 0 Å². The Morgan fingerprint density at radius 1 is 0.788 bits per heavy atom. The van der Waals surface area contributed by atoms with Crippen LogP contribution in [0.15, 0.2) is 78.9 Å². The maximum Gasteiger partial charge on any atom is 0.286 e. The van der Waals surface area contributed by atoms with E-state index in [0.29, 0.717) is 32.0 Å². The minimum absolute atomic E-state index is 0.196. The van der Waals surface area contributed by atoms with Crippen LogP contribution in [0.4, 0.5) is 11.4 Å². The average Bonchev–Trinajstić information content (AvgIpc) is 3.31. The maximum absolute atomic E-state index is 12.5. The van der Waals surface area contributed by atoms with E-state index in [1.807, 2.05) is 24.3 Å². The van der Waals surface area contributed by atoms with E-state index in [0.717, 1.165) is 16.9 Å². The predicted molar refractivity (Wildman–Crippen MR) is 134 cm³/mol. The molecule has 1 heterocycles. The first-order chi connectivity index (χ1) is 16.0. The molecule has 1 aromatic heterocycles. The fourth-order valence-electron chi connectivity index (χ4n) is 2.88. The van der Waals surface area contributed by atoms with Crippen molar-refractivity contribution in [1.29, 1.82) is 0 Å². The third-order valence-corrected chi connectivity index (χ3v) is 6.10. The molecule has 0 bridgehead atoms. The molecule has 33 heavy (non-hydrogen) atoms. The Labute approximate surface area is 203 Å². The van der Waals surface area contributed by atoms with Gasteiger partial charge in [-0.15, -0.1) is 10.2 Å². The third-order valence-electron chi connectivity index (χ3n) is 4.41. The molecule has 0 aliphatic carbocycles. The number of hydrogen-bond acceptors (Lipinski definition) is 5. The lowest BCUT2D eigenvalue weighted by Crippen LogP contribution is -2.12. The first-order valence-electron chi connectivity index (χ1n) is 9.73. The van der Waals surface area contributed by atoms with Gasteiger partial charge >= 0.3 is 0 Å². The van der Waals surface area contributed by atoms with Gasteiger partial charge in [0.15, 0.2) is 5.01 Å². The second kappa shape index (κ2) is 10.4. The van der Waals surface area contributed by atoms with E-state index in [9.17, 15) is 9.59 Å². The highest BCUT2D eigenvalue weighted by atomic mass is 35.5. The van der Waals surface area contributed by atoms with E-state index in [4.69, 9.17) is 23.2 Å². The van der Waals surface area contributed by atoms with E-state index in [-0.39, 0.29) is 16.8 Å². The van der Waals surface area contributed by atoms with Gasteiger partial charge in [-0.25, -0.2) is 0 Å². The van der Waals surface area contributed by atoms with Crippen LogP contribution in [0, 0.1) is 0 Å². The number of halogens is 2. The van der Waals surface area contributed by atoms with Crippen LogP contribution in [-0.2, 0) is 0 Å². The molecule has 4 rings (SSSR count). The molecule has 3 aromatic carbocycles. The fourth-order valence-corrected chi connectivity index (χ4v) is 4.02. The van der Waals surface area contributed by atoms with Crippen molar-refractivity contribution in [3.05, 3.63) is 105 Å². The summed E-state index contributed by atoms with van der Waals surface area (Å²) in [5.74, 6) is -0.676. The summed E-state index contributed by atoms with van der Waals surface area (Å²) in [7, 11) is 0. The lowest BCUT2D eigenvalue weighted by Gasteiger charge is -2.07. The summed E-state index contributed by atoms with van der Waals surface area (Å²) in [4.78, 5) is 24.9. The average molecular weight is 495 g/mol. The van der Waals surface area contributed by atoms with Crippen molar-refractivity contribution in [1.82, 2.24) is 10.2 Å². The monoisotopic (exact) mass is 494 g/mol. The quantitative estimate of drug-likeness (QED) is 0.323. The Morgan fingerprint density at radius 2 is 1.45 bits per heavy atom. The Bertz CT molecular complexity index is 1340. The Balaban J connectivity index is 1.46. The number of carbonyl (C=O) groups is 2. The lowest BCUT2D eigenvalue weighted by molar-refractivity contribution is 0.101. The molecule has 2 amide bonds. The van der Waals surface area contributed by atoms with Crippen molar-refractivity contribution in [3.8, 4) is 0 Å². The predicted octanol–water partition coefficient (Wildman–Crippen LogP) is 6.43. The third kappa shape index (κ3) is 5.84. The summed E-state index contributed by atoms with van der Waals surface area (Å²) in [6.07, 6.45) is 1.69. The smallest absolute Gasteiger partial charge is 0.286 e. The fraction of sp³-hybridized carbons (Fsp3) is 0. The minimum atomic E-state index is -0.362. The summed E-state index contributed by atoms with van der Waals surface area (Å²) >= 11 is 13.6. The number of amides is 2. The van der Waals surface area contributed by atoms with Crippen molar-refractivity contribution in [3.63, 3.8) is 0 Å². The molecule has 0 aliphatic heterocycles. The van der Waals surface area contributed by atoms with Crippen LogP contribution >= 0.6 is 34.5 Å². The summed E-state index contributed by atoms with van der Waals surface area (Å²) in [5, 5.41) is 14.8. The van der Waals surface area contributed by atoms with Gasteiger partial charge in [0.25, 0.3) is 11.8 Å². The molecule has 0 fully saturated rings. The summed E-state index contributed by atoms with van der Waals surface area (Å²) in [5.41, 5.74) is 2.37. The molecule has 9 heteroatoms. The van der Waals surface area contributed by atoms with Crippen LogP contribution in [0.1, 0.15) is 30.7 Å². The van der Waals surface area contributed by atoms with E-state index in [1.165, 1.54) is 0 Å². The van der Waals surface area contributed by atoms with Crippen molar-refractivity contribution >= 4 is 68.8 Å². The molecule has 0 spiro atoms. The standard InChI is InChI=1S/C24H16Cl2N4O2S/c25-19-12-5-4-11-18(19)21(31)28-17-10-6-7-15(13-17)14-20(26)23-29-30-24(33-23)22(32)27-16-8-2-1-3-9-16/h1-14H,(H,27,32)(H,28,31)/b20-14-. The zero-order valence-electron chi connectivity index (χ0n) is 17.0. The van der Waals surface area contributed by atoms with E-state index in [1.54, 1.807) is 60.7 Å². The zero-order valence-corrected chi connectivity index (χ0v) is 19.3. The lowest BCUT2D eigenvalue weighted by atomic mass is 10.1. The Hall–Kier alpha value is -3.52. The molecule has 164 valence electrons. The number of benzene rings is 3. The number of anilines is 2. The summed E-state index contributed by atoms with van der Waals surface area (Å²) < 4.78 is 0. The minimum Gasteiger partial charge on any atom is -0.322 e. The van der Waals surface area contributed by atoms with Gasteiger partial charge in [0.05, 0.1) is 15.6 Å². The second-order valence-corrected chi connectivity index (χ2v) is 8.58. The number of para-hydroxylation sites is 1. The maximum atomic E-state index is 12.5. The molecule has 0 saturated heterocycles.